The number of allylic oxidation sites excluding steroid dienone is 1. The summed E-state index contributed by atoms with van der Waals surface area (Å²) in [6.07, 6.45) is 0.533. The summed E-state index contributed by atoms with van der Waals surface area (Å²) in [5, 5.41) is 22.4. The molecule has 1 aliphatic heterocycles. The number of hydrogen-bond donors (Lipinski definition) is 1. The van der Waals surface area contributed by atoms with Gasteiger partial charge < -0.3 is 10.1 Å². The lowest BCUT2D eigenvalue weighted by molar-refractivity contribution is -0.384. The van der Waals surface area contributed by atoms with Gasteiger partial charge in [-0.1, -0.05) is 12.1 Å². The first-order valence-electron chi connectivity index (χ1n) is 8.14. The van der Waals surface area contributed by atoms with Crippen LogP contribution in [0.1, 0.15) is 31.7 Å². The topological polar surface area (TPSA) is 135 Å². The van der Waals surface area contributed by atoms with E-state index in [2.05, 4.69) is 10.3 Å². The molecular formula is C18H18N4O5. The molecule has 27 heavy (non-hydrogen) atoms. The number of ether oxygens (including phenoxy) is 1. The molecule has 1 aromatic carbocycles. The van der Waals surface area contributed by atoms with E-state index in [-0.39, 0.29) is 24.3 Å². The maximum absolute atomic E-state index is 12.6. The Labute approximate surface area is 155 Å². The number of nitriles is 1. The molecule has 0 bridgehead atoms. The highest BCUT2D eigenvalue weighted by atomic mass is 16.6. The van der Waals surface area contributed by atoms with Gasteiger partial charge in [-0.3, -0.25) is 19.9 Å². The third-order valence-electron chi connectivity index (χ3n) is 4.18. The minimum atomic E-state index is -0.706. The third kappa shape index (κ3) is 4.36. The van der Waals surface area contributed by atoms with Crippen molar-refractivity contribution in [2.45, 2.75) is 32.2 Å². The second-order valence-corrected chi connectivity index (χ2v) is 5.89. The molecule has 1 amide bonds. The molecule has 0 radical (unpaired) electrons. The zero-order chi connectivity index (χ0) is 20.0. The van der Waals surface area contributed by atoms with E-state index in [1.54, 1.807) is 19.9 Å². The number of nitro groups is 1. The number of rotatable bonds is 7. The number of esters is 1. The van der Waals surface area contributed by atoms with Crippen LogP contribution in [-0.2, 0) is 14.3 Å². The van der Waals surface area contributed by atoms with Crippen LogP contribution in [-0.4, -0.2) is 35.7 Å². The molecule has 0 aliphatic carbocycles. The van der Waals surface area contributed by atoms with E-state index >= 15 is 0 Å². The molecule has 1 aromatic rings. The van der Waals surface area contributed by atoms with Crippen LogP contribution in [0, 0.1) is 21.4 Å². The second-order valence-electron chi connectivity index (χ2n) is 5.89. The monoisotopic (exact) mass is 370 g/mol. The van der Waals surface area contributed by atoms with Crippen molar-refractivity contribution in [3.63, 3.8) is 0 Å². The van der Waals surface area contributed by atoms with Gasteiger partial charge in [0.2, 0.25) is 6.41 Å². The Morgan fingerprint density at radius 1 is 1.48 bits per heavy atom. The van der Waals surface area contributed by atoms with Crippen molar-refractivity contribution < 1.29 is 19.2 Å². The third-order valence-corrected chi connectivity index (χ3v) is 4.18. The number of nitrogens with zero attached hydrogens (tertiary/aromatic N) is 3. The van der Waals surface area contributed by atoms with Gasteiger partial charge in [-0.2, -0.15) is 5.26 Å². The molecule has 9 heteroatoms. The Bertz CT molecular complexity index is 869. The Hall–Kier alpha value is -3.54. The van der Waals surface area contributed by atoms with E-state index in [1.807, 2.05) is 6.07 Å². The number of hydrogen-bond acceptors (Lipinski definition) is 7. The van der Waals surface area contributed by atoms with Crippen LogP contribution in [0.3, 0.4) is 0 Å². The smallest absolute Gasteiger partial charge is 0.336 e. The molecule has 9 nitrogen and oxygen atoms in total. The highest BCUT2D eigenvalue weighted by Gasteiger charge is 2.38. The summed E-state index contributed by atoms with van der Waals surface area (Å²) >= 11 is 0. The standard InChI is InChI=1S/C18H18N4O5/c1-11-15(18(24)27-8-4-7-19)16(17(20-10-23)12(2)21-11)13-5-3-6-14(9-13)22(25)26/h3,5-6,9-10,16-17H,4,8H2,1-2H3,(H,20,23). The predicted molar refractivity (Wildman–Crippen MR) is 95.8 cm³/mol. The molecule has 0 spiro atoms. The first-order chi connectivity index (χ1) is 12.9. The average molecular weight is 370 g/mol. The van der Waals surface area contributed by atoms with Gasteiger partial charge in [-0.25, -0.2) is 4.79 Å². The zero-order valence-corrected chi connectivity index (χ0v) is 14.8. The number of amides is 1. The van der Waals surface area contributed by atoms with Crippen molar-refractivity contribution in [2.24, 2.45) is 4.99 Å². The lowest BCUT2D eigenvalue weighted by Gasteiger charge is -2.32. The van der Waals surface area contributed by atoms with Crippen molar-refractivity contribution in [1.29, 1.82) is 5.26 Å². The lowest BCUT2D eigenvalue weighted by atomic mass is 9.80. The van der Waals surface area contributed by atoms with Crippen LogP contribution in [0.4, 0.5) is 5.69 Å². The van der Waals surface area contributed by atoms with Crippen LogP contribution >= 0.6 is 0 Å². The van der Waals surface area contributed by atoms with Crippen LogP contribution in [0.15, 0.2) is 40.5 Å². The van der Waals surface area contributed by atoms with Crippen LogP contribution in [0.2, 0.25) is 0 Å². The second kappa shape index (κ2) is 8.71. The van der Waals surface area contributed by atoms with Gasteiger partial charge in [0.25, 0.3) is 5.69 Å². The van der Waals surface area contributed by atoms with Crippen LogP contribution in [0.5, 0.6) is 0 Å². The Kier molecular flexibility index (Phi) is 6.38. The number of nitro benzene ring substituents is 1. The SMILES string of the molecule is CC1=NC(C)=C(C(=O)OCCC#N)C(c2cccc([N+](=O)[O-])c2)C1NC=O. The van der Waals surface area contributed by atoms with E-state index in [4.69, 9.17) is 10.00 Å². The van der Waals surface area contributed by atoms with Gasteiger partial charge in [0, 0.05) is 29.5 Å². The van der Waals surface area contributed by atoms with Crippen LogP contribution in [0.25, 0.3) is 0 Å². The highest BCUT2D eigenvalue weighted by Crippen LogP contribution is 2.36. The Morgan fingerprint density at radius 3 is 2.85 bits per heavy atom. The highest BCUT2D eigenvalue weighted by molar-refractivity contribution is 5.99. The fourth-order valence-corrected chi connectivity index (χ4v) is 3.05. The van der Waals surface area contributed by atoms with E-state index in [1.165, 1.54) is 18.2 Å². The average Bonchev–Trinajstić information content (AvgIpc) is 2.63. The molecule has 140 valence electrons. The fourth-order valence-electron chi connectivity index (χ4n) is 3.05. The van der Waals surface area contributed by atoms with E-state index in [9.17, 15) is 19.7 Å². The molecule has 0 fully saturated rings. The molecule has 0 saturated carbocycles. The quantitative estimate of drug-likeness (QED) is 0.256. The van der Waals surface area contributed by atoms with E-state index in [0.717, 1.165) is 0 Å². The summed E-state index contributed by atoms with van der Waals surface area (Å²) in [5.74, 6) is -1.38. The summed E-state index contributed by atoms with van der Waals surface area (Å²) in [4.78, 5) is 38.7. The molecule has 1 aliphatic rings. The first kappa shape index (κ1) is 19.8. The van der Waals surface area contributed by atoms with Gasteiger partial charge >= 0.3 is 5.97 Å². The van der Waals surface area contributed by atoms with Gasteiger partial charge in [0.05, 0.1) is 29.0 Å². The minimum Gasteiger partial charge on any atom is -0.461 e. The Morgan fingerprint density at radius 2 is 2.22 bits per heavy atom. The molecule has 0 aromatic heterocycles. The number of non-ortho nitro benzene ring substituents is 1. The van der Waals surface area contributed by atoms with Crippen molar-refractivity contribution in [3.05, 3.63) is 51.2 Å². The van der Waals surface area contributed by atoms with Gasteiger partial charge in [0.1, 0.15) is 6.61 Å². The predicted octanol–water partition coefficient (Wildman–Crippen LogP) is 2.00. The summed E-state index contributed by atoms with van der Waals surface area (Å²) < 4.78 is 5.14. The summed E-state index contributed by atoms with van der Waals surface area (Å²) in [6.45, 7) is 3.25. The van der Waals surface area contributed by atoms with Gasteiger partial charge in [0.15, 0.2) is 0 Å². The number of benzene rings is 1. The first-order valence-corrected chi connectivity index (χ1v) is 8.14. The molecule has 1 heterocycles. The largest absolute Gasteiger partial charge is 0.461 e. The van der Waals surface area contributed by atoms with E-state index < -0.39 is 22.9 Å². The van der Waals surface area contributed by atoms with Crippen molar-refractivity contribution in [3.8, 4) is 6.07 Å². The summed E-state index contributed by atoms with van der Waals surface area (Å²) in [5.41, 5.74) is 1.50. The number of aliphatic imine (C=N–C) groups is 1. The molecule has 2 unspecified atom stereocenters. The summed E-state index contributed by atoms with van der Waals surface area (Å²) in [6, 6.07) is 7.08. The molecule has 0 saturated heterocycles. The lowest BCUT2D eigenvalue weighted by Crippen LogP contribution is -2.44. The maximum atomic E-state index is 12.6. The number of carbonyl (C=O) groups excluding carboxylic acids is 2. The van der Waals surface area contributed by atoms with E-state index in [0.29, 0.717) is 23.4 Å². The normalized spacial score (nSPS) is 18.9. The van der Waals surface area contributed by atoms with Gasteiger partial charge in [-0.15, -0.1) is 0 Å². The Balaban J connectivity index is 2.55. The van der Waals surface area contributed by atoms with Crippen molar-refractivity contribution in [1.82, 2.24) is 5.32 Å². The number of nitrogens with one attached hydrogen (secondary N) is 1. The maximum Gasteiger partial charge on any atom is 0.336 e. The zero-order valence-electron chi connectivity index (χ0n) is 14.8. The molecule has 1 N–H and O–H groups in total. The van der Waals surface area contributed by atoms with Crippen molar-refractivity contribution in [2.75, 3.05) is 6.61 Å². The fraction of sp³-hybridized carbons (Fsp3) is 0.333. The van der Waals surface area contributed by atoms with Gasteiger partial charge in [-0.05, 0) is 19.4 Å². The number of carbonyl (C=O) groups is 2. The molecular weight excluding hydrogens is 352 g/mol. The van der Waals surface area contributed by atoms with Crippen LogP contribution < -0.4 is 5.32 Å². The molecule has 2 rings (SSSR count). The summed E-state index contributed by atoms with van der Waals surface area (Å²) in [7, 11) is 0. The molecule has 2 atom stereocenters. The minimum absolute atomic E-state index is 0.0395. The van der Waals surface area contributed by atoms with Crippen molar-refractivity contribution >= 4 is 23.8 Å².